The summed E-state index contributed by atoms with van der Waals surface area (Å²) >= 11 is 5.99. The van der Waals surface area contributed by atoms with Crippen molar-refractivity contribution in [1.29, 1.82) is 0 Å². The SMILES string of the molecule is Cc1cc(-c2noc(C(=O)NCc3ccc(Oc4ccccc4)cc3)n2)cc(Cl)c1O. The summed E-state index contributed by atoms with van der Waals surface area (Å²) in [6.45, 7) is 1.99. The zero-order valence-corrected chi connectivity index (χ0v) is 17.3. The van der Waals surface area contributed by atoms with Crippen LogP contribution in [0.2, 0.25) is 5.02 Å². The second-order valence-electron chi connectivity index (χ2n) is 6.79. The highest BCUT2D eigenvalue weighted by Crippen LogP contribution is 2.31. The van der Waals surface area contributed by atoms with Crippen molar-refractivity contribution in [2.24, 2.45) is 0 Å². The molecule has 4 rings (SSSR count). The Kier molecular flexibility index (Phi) is 5.86. The summed E-state index contributed by atoms with van der Waals surface area (Å²) in [4.78, 5) is 16.5. The topological polar surface area (TPSA) is 97.5 Å². The van der Waals surface area contributed by atoms with Crippen molar-refractivity contribution >= 4 is 17.5 Å². The molecule has 0 fully saturated rings. The van der Waals surface area contributed by atoms with Crippen LogP contribution in [0.3, 0.4) is 0 Å². The highest BCUT2D eigenvalue weighted by molar-refractivity contribution is 6.32. The molecule has 7 nitrogen and oxygen atoms in total. The van der Waals surface area contributed by atoms with Crippen LogP contribution in [-0.2, 0) is 6.54 Å². The lowest BCUT2D eigenvalue weighted by Crippen LogP contribution is -2.23. The van der Waals surface area contributed by atoms with Crippen molar-refractivity contribution < 1.29 is 19.2 Å². The van der Waals surface area contributed by atoms with Gasteiger partial charge in [0.15, 0.2) is 0 Å². The molecule has 1 aromatic heterocycles. The summed E-state index contributed by atoms with van der Waals surface area (Å²) in [6.07, 6.45) is 0. The monoisotopic (exact) mass is 435 g/mol. The van der Waals surface area contributed by atoms with E-state index in [2.05, 4.69) is 15.5 Å². The van der Waals surface area contributed by atoms with Crippen LogP contribution in [-0.4, -0.2) is 21.2 Å². The molecule has 1 heterocycles. The maximum absolute atomic E-state index is 12.4. The number of ether oxygens (including phenoxy) is 1. The van der Waals surface area contributed by atoms with Gasteiger partial charge < -0.3 is 19.7 Å². The molecule has 0 bridgehead atoms. The Balaban J connectivity index is 1.37. The summed E-state index contributed by atoms with van der Waals surface area (Å²) < 4.78 is 10.8. The Morgan fingerprint density at radius 2 is 1.81 bits per heavy atom. The molecule has 0 aliphatic rings. The fourth-order valence-corrected chi connectivity index (χ4v) is 3.12. The van der Waals surface area contributed by atoms with Gasteiger partial charge in [-0.1, -0.05) is 47.1 Å². The minimum Gasteiger partial charge on any atom is -0.506 e. The van der Waals surface area contributed by atoms with Crippen molar-refractivity contribution in [2.45, 2.75) is 13.5 Å². The van der Waals surface area contributed by atoms with E-state index in [1.807, 2.05) is 54.6 Å². The average Bonchev–Trinajstić information content (AvgIpc) is 3.28. The Morgan fingerprint density at radius 3 is 2.52 bits per heavy atom. The first-order valence-electron chi connectivity index (χ1n) is 9.43. The Hall–Kier alpha value is -3.84. The number of halogens is 1. The normalized spacial score (nSPS) is 10.6. The molecule has 2 N–H and O–H groups in total. The minimum absolute atomic E-state index is 0.00735. The molecule has 0 radical (unpaired) electrons. The Morgan fingerprint density at radius 1 is 1.10 bits per heavy atom. The molecule has 0 aliphatic heterocycles. The maximum atomic E-state index is 12.4. The summed E-state index contributed by atoms with van der Waals surface area (Å²) in [5, 5.41) is 16.5. The molecule has 0 saturated carbocycles. The lowest BCUT2D eigenvalue weighted by Gasteiger charge is -2.07. The van der Waals surface area contributed by atoms with Crippen LogP contribution in [0.5, 0.6) is 17.2 Å². The molecule has 0 saturated heterocycles. The van der Waals surface area contributed by atoms with Gasteiger partial charge in [-0.05, 0) is 54.4 Å². The fraction of sp³-hybridized carbons (Fsp3) is 0.0870. The van der Waals surface area contributed by atoms with Gasteiger partial charge in [0.2, 0.25) is 5.82 Å². The second kappa shape index (κ2) is 8.89. The number of hydrogen-bond donors (Lipinski definition) is 2. The lowest BCUT2D eigenvalue weighted by atomic mass is 10.1. The summed E-state index contributed by atoms with van der Waals surface area (Å²) in [5.74, 6) is 0.988. The number of phenols is 1. The van der Waals surface area contributed by atoms with Gasteiger partial charge in [0.25, 0.3) is 0 Å². The first kappa shape index (κ1) is 20.4. The van der Waals surface area contributed by atoms with E-state index >= 15 is 0 Å². The zero-order chi connectivity index (χ0) is 21.8. The Labute approximate surface area is 183 Å². The quantitative estimate of drug-likeness (QED) is 0.436. The molecule has 0 atom stereocenters. The van der Waals surface area contributed by atoms with Gasteiger partial charge in [0.05, 0.1) is 5.02 Å². The van der Waals surface area contributed by atoms with Crippen molar-refractivity contribution in [3.05, 3.63) is 88.8 Å². The number of hydrogen-bond acceptors (Lipinski definition) is 6. The zero-order valence-electron chi connectivity index (χ0n) is 16.5. The van der Waals surface area contributed by atoms with Crippen LogP contribution in [0.15, 0.2) is 71.3 Å². The van der Waals surface area contributed by atoms with Crippen molar-refractivity contribution in [2.75, 3.05) is 0 Å². The minimum atomic E-state index is -0.495. The average molecular weight is 436 g/mol. The molecule has 3 aromatic carbocycles. The van der Waals surface area contributed by atoms with Crippen LogP contribution < -0.4 is 10.1 Å². The maximum Gasteiger partial charge on any atom is 0.316 e. The number of aromatic nitrogens is 2. The predicted molar refractivity (Wildman–Crippen MR) is 115 cm³/mol. The lowest BCUT2D eigenvalue weighted by molar-refractivity contribution is 0.0907. The van der Waals surface area contributed by atoms with Crippen molar-refractivity contribution in [3.8, 4) is 28.6 Å². The van der Waals surface area contributed by atoms with Gasteiger partial charge in [-0.3, -0.25) is 4.79 Å². The summed E-state index contributed by atoms with van der Waals surface area (Å²) in [7, 11) is 0. The van der Waals surface area contributed by atoms with E-state index in [1.165, 1.54) is 6.07 Å². The smallest absolute Gasteiger partial charge is 0.316 e. The highest BCUT2D eigenvalue weighted by atomic mass is 35.5. The molecule has 0 spiro atoms. The molecular weight excluding hydrogens is 418 g/mol. The standard InChI is InChI=1S/C23H18ClN3O4/c1-14-11-16(12-19(24)20(14)28)21-26-23(31-27-21)22(29)25-13-15-7-9-18(10-8-15)30-17-5-3-2-4-6-17/h2-12,28H,13H2,1H3,(H,25,29). The third-order valence-corrected chi connectivity index (χ3v) is 4.78. The van der Waals surface area contributed by atoms with Gasteiger partial charge >= 0.3 is 11.8 Å². The van der Waals surface area contributed by atoms with E-state index in [-0.39, 0.29) is 29.0 Å². The van der Waals surface area contributed by atoms with E-state index in [1.54, 1.807) is 13.0 Å². The fourth-order valence-electron chi connectivity index (χ4n) is 2.86. The number of carbonyl (C=O) groups is 1. The van der Waals surface area contributed by atoms with E-state index in [4.69, 9.17) is 20.9 Å². The first-order chi connectivity index (χ1) is 15.0. The third kappa shape index (κ3) is 4.84. The number of nitrogens with zero attached hydrogens (tertiary/aromatic N) is 2. The van der Waals surface area contributed by atoms with Gasteiger partial charge in [0.1, 0.15) is 17.2 Å². The molecular formula is C23H18ClN3O4. The van der Waals surface area contributed by atoms with Crippen molar-refractivity contribution in [3.63, 3.8) is 0 Å². The number of amides is 1. The van der Waals surface area contributed by atoms with Crippen LogP contribution in [0.1, 0.15) is 21.8 Å². The number of nitrogens with one attached hydrogen (secondary N) is 1. The highest BCUT2D eigenvalue weighted by Gasteiger charge is 2.17. The largest absolute Gasteiger partial charge is 0.506 e. The van der Waals surface area contributed by atoms with Crippen LogP contribution >= 0.6 is 11.6 Å². The molecule has 1 amide bonds. The van der Waals surface area contributed by atoms with Crippen LogP contribution in [0.25, 0.3) is 11.4 Å². The van der Waals surface area contributed by atoms with Gasteiger partial charge in [-0.2, -0.15) is 4.98 Å². The summed E-state index contributed by atoms with van der Waals surface area (Å²) in [5.41, 5.74) is 1.99. The van der Waals surface area contributed by atoms with Crippen LogP contribution in [0.4, 0.5) is 0 Å². The van der Waals surface area contributed by atoms with Gasteiger partial charge in [0, 0.05) is 12.1 Å². The van der Waals surface area contributed by atoms with E-state index in [0.717, 1.165) is 11.3 Å². The van der Waals surface area contributed by atoms with Crippen LogP contribution in [0, 0.1) is 6.92 Å². The van der Waals surface area contributed by atoms with Gasteiger partial charge in [-0.25, -0.2) is 0 Å². The summed E-state index contributed by atoms with van der Waals surface area (Å²) in [6, 6.07) is 20.0. The number of aromatic hydroxyl groups is 1. The molecule has 156 valence electrons. The third-order valence-electron chi connectivity index (χ3n) is 4.49. The number of carbonyl (C=O) groups excluding carboxylic acids is 1. The van der Waals surface area contributed by atoms with E-state index in [9.17, 15) is 9.90 Å². The molecule has 4 aromatic rings. The molecule has 0 aliphatic carbocycles. The second-order valence-corrected chi connectivity index (χ2v) is 7.20. The van der Waals surface area contributed by atoms with Gasteiger partial charge in [-0.15, -0.1) is 0 Å². The van der Waals surface area contributed by atoms with Crippen molar-refractivity contribution in [1.82, 2.24) is 15.5 Å². The number of aryl methyl sites for hydroxylation is 1. The number of rotatable bonds is 6. The first-order valence-corrected chi connectivity index (χ1v) is 9.80. The van der Waals surface area contributed by atoms with E-state index in [0.29, 0.717) is 16.9 Å². The number of para-hydroxylation sites is 1. The predicted octanol–water partition coefficient (Wildman–Crippen LogP) is 5.13. The number of benzene rings is 3. The Bertz CT molecular complexity index is 1180. The number of phenolic OH excluding ortho intramolecular Hbond substituents is 1. The molecule has 8 heteroatoms. The molecule has 0 unspecified atom stereocenters. The van der Waals surface area contributed by atoms with E-state index < -0.39 is 5.91 Å². The molecule has 31 heavy (non-hydrogen) atoms.